The van der Waals surface area contributed by atoms with E-state index < -0.39 is 0 Å². The molecule has 0 fully saturated rings. The molecule has 110 valence electrons. The Hall–Kier alpha value is -1.81. The second-order valence-corrected chi connectivity index (χ2v) is 5.53. The summed E-state index contributed by atoms with van der Waals surface area (Å²) in [7, 11) is 0. The van der Waals surface area contributed by atoms with Gasteiger partial charge in [0.2, 0.25) is 0 Å². The summed E-state index contributed by atoms with van der Waals surface area (Å²) in [6, 6.07) is 15.4. The highest BCUT2D eigenvalue weighted by Crippen LogP contribution is 2.23. The molecule has 0 spiro atoms. The minimum atomic E-state index is -0.0710. The van der Waals surface area contributed by atoms with Crippen LogP contribution in [0.25, 0.3) is 0 Å². The summed E-state index contributed by atoms with van der Waals surface area (Å²) in [5.74, 6) is 0.663. The van der Waals surface area contributed by atoms with Crippen molar-refractivity contribution in [3.05, 3.63) is 64.1 Å². The molecule has 2 rings (SSSR count). The van der Waals surface area contributed by atoms with Crippen LogP contribution in [0.2, 0.25) is 0 Å². The van der Waals surface area contributed by atoms with Gasteiger partial charge >= 0.3 is 0 Å². The normalized spacial score (nSPS) is 10.2. The van der Waals surface area contributed by atoms with Gasteiger partial charge in [0, 0.05) is 11.0 Å². The van der Waals surface area contributed by atoms with E-state index in [4.69, 9.17) is 4.74 Å². The molecule has 0 atom stereocenters. The molecular weight excluding hydrogens is 330 g/mol. The molecule has 1 amide bonds. The lowest BCUT2D eigenvalue weighted by molar-refractivity contribution is 0.0953. The lowest BCUT2D eigenvalue weighted by atomic mass is 10.2. The lowest BCUT2D eigenvalue weighted by Gasteiger charge is -2.09. The summed E-state index contributed by atoms with van der Waals surface area (Å²) in [6.07, 6.45) is 0.918. The van der Waals surface area contributed by atoms with Crippen molar-refractivity contribution in [1.82, 2.24) is 5.32 Å². The Kier molecular flexibility index (Phi) is 5.81. The summed E-state index contributed by atoms with van der Waals surface area (Å²) in [5, 5.41) is 2.86. The predicted molar refractivity (Wildman–Crippen MR) is 87.5 cm³/mol. The molecule has 21 heavy (non-hydrogen) atoms. The topological polar surface area (TPSA) is 38.3 Å². The second kappa shape index (κ2) is 7.84. The van der Waals surface area contributed by atoms with Crippen molar-refractivity contribution in [3.8, 4) is 5.75 Å². The minimum Gasteiger partial charge on any atom is -0.489 e. The van der Waals surface area contributed by atoms with E-state index in [1.54, 1.807) is 6.07 Å². The van der Waals surface area contributed by atoms with Gasteiger partial charge in [0.15, 0.2) is 0 Å². The van der Waals surface area contributed by atoms with Crippen LogP contribution in [0.3, 0.4) is 0 Å². The molecule has 0 unspecified atom stereocenters. The molecular formula is C17H18BrNO2. The van der Waals surface area contributed by atoms with Gasteiger partial charge in [-0.25, -0.2) is 0 Å². The van der Waals surface area contributed by atoms with Gasteiger partial charge < -0.3 is 10.1 Å². The number of amides is 1. The van der Waals surface area contributed by atoms with Crippen molar-refractivity contribution < 1.29 is 9.53 Å². The maximum absolute atomic E-state index is 11.9. The molecule has 4 heteroatoms. The van der Waals surface area contributed by atoms with Crippen LogP contribution in [0.5, 0.6) is 5.75 Å². The van der Waals surface area contributed by atoms with Gasteiger partial charge in [-0.1, -0.05) is 37.3 Å². The molecule has 0 aliphatic heterocycles. The number of hydrogen-bond acceptors (Lipinski definition) is 2. The van der Waals surface area contributed by atoms with E-state index >= 15 is 0 Å². The largest absolute Gasteiger partial charge is 0.489 e. The van der Waals surface area contributed by atoms with Crippen LogP contribution < -0.4 is 10.1 Å². The van der Waals surface area contributed by atoms with E-state index in [2.05, 4.69) is 21.2 Å². The zero-order chi connectivity index (χ0) is 15.1. The minimum absolute atomic E-state index is 0.0710. The zero-order valence-electron chi connectivity index (χ0n) is 11.9. The first-order chi connectivity index (χ1) is 10.2. The van der Waals surface area contributed by atoms with E-state index in [9.17, 15) is 4.79 Å². The van der Waals surface area contributed by atoms with Crippen LogP contribution >= 0.6 is 15.9 Å². The number of nitrogens with one attached hydrogen (secondary N) is 1. The summed E-state index contributed by atoms with van der Waals surface area (Å²) < 4.78 is 6.46. The summed E-state index contributed by atoms with van der Waals surface area (Å²) in [6.45, 7) is 3.21. The predicted octanol–water partition coefficient (Wildman–Crippen LogP) is 4.17. The third-order valence-corrected chi connectivity index (χ3v) is 3.63. The molecule has 0 heterocycles. The third kappa shape index (κ3) is 4.60. The number of carbonyl (C=O) groups excluding carboxylic acids is 1. The fourth-order valence-corrected chi connectivity index (χ4v) is 2.38. The SMILES string of the molecule is CCCNC(=O)c1ccc(OCc2ccccc2)cc1Br. The maximum Gasteiger partial charge on any atom is 0.252 e. The molecule has 3 nitrogen and oxygen atoms in total. The highest BCUT2D eigenvalue weighted by atomic mass is 79.9. The standard InChI is InChI=1S/C17H18BrNO2/c1-2-10-19-17(20)15-9-8-14(11-16(15)18)21-12-13-6-4-3-5-7-13/h3-9,11H,2,10,12H2,1H3,(H,19,20). The van der Waals surface area contributed by atoms with E-state index in [0.29, 0.717) is 18.7 Å². The Morgan fingerprint density at radius 3 is 2.62 bits per heavy atom. The van der Waals surface area contributed by atoms with Crippen LogP contribution in [-0.4, -0.2) is 12.5 Å². The smallest absolute Gasteiger partial charge is 0.252 e. The van der Waals surface area contributed by atoms with Gasteiger partial charge in [-0.15, -0.1) is 0 Å². The number of benzene rings is 2. The molecule has 0 aliphatic rings. The van der Waals surface area contributed by atoms with Crippen LogP contribution in [0.1, 0.15) is 29.3 Å². The van der Waals surface area contributed by atoms with E-state index in [1.807, 2.05) is 49.4 Å². The van der Waals surface area contributed by atoms with Crippen LogP contribution in [0, 0.1) is 0 Å². The van der Waals surface area contributed by atoms with E-state index in [0.717, 1.165) is 22.2 Å². The molecule has 0 saturated carbocycles. The molecule has 0 bridgehead atoms. The Morgan fingerprint density at radius 2 is 1.95 bits per heavy atom. The van der Waals surface area contributed by atoms with Crippen molar-refractivity contribution in [2.75, 3.05) is 6.54 Å². The van der Waals surface area contributed by atoms with E-state index in [1.165, 1.54) is 0 Å². The maximum atomic E-state index is 11.9. The first-order valence-electron chi connectivity index (χ1n) is 6.95. The van der Waals surface area contributed by atoms with Crippen LogP contribution in [0.4, 0.5) is 0 Å². The first kappa shape index (κ1) is 15.6. The quantitative estimate of drug-likeness (QED) is 0.851. The van der Waals surface area contributed by atoms with Gasteiger partial charge in [0.25, 0.3) is 5.91 Å². The zero-order valence-corrected chi connectivity index (χ0v) is 13.5. The Balaban J connectivity index is 2.00. The van der Waals surface area contributed by atoms with Gasteiger partial charge in [-0.05, 0) is 46.1 Å². The van der Waals surface area contributed by atoms with Gasteiger partial charge in [-0.2, -0.15) is 0 Å². The fraction of sp³-hybridized carbons (Fsp3) is 0.235. The Bertz CT molecular complexity index is 599. The average Bonchev–Trinajstić information content (AvgIpc) is 2.51. The fourth-order valence-electron chi connectivity index (χ4n) is 1.84. The molecule has 2 aromatic rings. The summed E-state index contributed by atoms with van der Waals surface area (Å²) in [5.41, 5.74) is 1.73. The van der Waals surface area contributed by atoms with Crippen molar-refractivity contribution >= 4 is 21.8 Å². The number of rotatable bonds is 6. The molecule has 0 aliphatic carbocycles. The number of ether oxygens (including phenoxy) is 1. The Morgan fingerprint density at radius 1 is 1.19 bits per heavy atom. The van der Waals surface area contributed by atoms with Gasteiger partial charge in [-0.3, -0.25) is 4.79 Å². The summed E-state index contributed by atoms with van der Waals surface area (Å²) in [4.78, 5) is 11.9. The molecule has 2 aromatic carbocycles. The second-order valence-electron chi connectivity index (χ2n) is 4.67. The van der Waals surface area contributed by atoms with Gasteiger partial charge in [0.1, 0.15) is 12.4 Å². The molecule has 0 radical (unpaired) electrons. The van der Waals surface area contributed by atoms with Crippen molar-refractivity contribution in [1.29, 1.82) is 0 Å². The van der Waals surface area contributed by atoms with Crippen molar-refractivity contribution in [3.63, 3.8) is 0 Å². The monoisotopic (exact) mass is 347 g/mol. The lowest BCUT2D eigenvalue weighted by Crippen LogP contribution is -2.24. The molecule has 0 aromatic heterocycles. The molecule has 1 N–H and O–H groups in total. The number of carbonyl (C=O) groups is 1. The highest BCUT2D eigenvalue weighted by molar-refractivity contribution is 9.10. The van der Waals surface area contributed by atoms with Gasteiger partial charge in [0.05, 0.1) is 5.56 Å². The van der Waals surface area contributed by atoms with Crippen molar-refractivity contribution in [2.24, 2.45) is 0 Å². The van der Waals surface area contributed by atoms with Crippen molar-refractivity contribution in [2.45, 2.75) is 20.0 Å². The number of hydrogen-bond donors (Lipinski definition) is 1. The van der Waals surface area contributed by atoms with Crippen LogP contribution in [0.15, 0.2) is 53.0 Å². The average molecular weight is 348 g/mol. The number of halogens is 1. The van der Waals surface area contributed by atoms with Crippen LogP contribution in [-0.2, 0) is 6.61 Å². The first-order valence-corrected chi connectivity index (χ1v) is 7.74. The van der Waals surface area contributed by atoms with E-state index in [-0.39, 0.29) is 5.91 Å². The molecule has 0 saturated heterocycles. The summed E-state index contributed by atoms with van der Waals surface area (Å²) >= 11 is 3.43. The highest BCUT2D eigenvalue weighted by Gasteiger charge is 2.10. The Labute approximate surface area is 133 Å². The third-order valence-electron chi connectivity index (χ3n) is 2.97.